The summed E-state index contributed by atoms with van der Waals surface area (Å²) in [5.74, 6) is -0.356. The van der Waals surface area contributed by atoms with Crippen LogP contribution in [0.5, 0.6) is 5.75 Å². The molecule has 3 atom stereocenters. The largest absolute Gasteiger partial charge is 0.514 e. The van der Waals surface area contributed by atoms with Crippen LogP contribution in [0.15, 0.2) is 54.6 Å². The van der Waals surface area contributed by atoms with Crippen LogP contribution in [0.4, 0.5) is 15.3 Å². The molecule has 12 nitrogen and oxygen atoms in total. The third kappa shape index (κ3) is 7.02. The van der Waals surface area contributed by atoms with Gasteiger partial charge in [0.2, 0.25) is 5.91 Å². The lowest BCUT2D eigenvalue weighted by atomic mass is 10.1. The summed E-state index contributed by atoms with van der Waals surface area (Å²) in [4.78, 5) is 52.7. The molecule has 0 saturated carbocycles. The highest BCUT2D eigenvalue weighted by molar-refractivity contribution is 5.87. The van der Waals surface area contributed by atoms with Crippen LogP contribution in [0, 0.1) is 10.1 Å². The van der Waals surface area contributed by atoms with Gasteiger partial charge >= 0.3 is 12.2 Å². The number of morpholine rings is 1. The van der Waals surface area contributed by atoms with Crippen molar-refractivity contribution in [2.24, 2.45) is 0 Å². The summed E-state index contributed by atoms with van der Waals surface area (Å²) in [5, 5.41) is 10.9. The number of carbonyl (C=O) groups excluding carboxylic acids is 3. The molecule has 39 heavy (non-hydrogen) atoms. The normalized spacial score (nSPS) is 21.3. The molecule has 0 spiro atoms. The minimum atomic E-state index is -1.13. The van der Waals surface area contributed by atoms with Crippen LogP contribution in [0.3, 0.4) is 0 Å². The summed E-state index contributed by atoms with van der Waals surface area (Å²) >= 11 is 0. The minimum Gasteiger partial charge on any atom is -0.444 e. The fourth-order valence-electron chi connectivity index (χ4n) is 4.49. The maximum atomic E-state index is 13.8. The van der Waals surface area contributed by atoms with Crippen LogP contribution < -0.4 is 4.74 Å². The van der Waals surface area contributed by atoms with E-state index >= 15 is 0 Å². The number of non-ortho nitro benzene ring substituents is 1. The smallest absolute Gasteiger partial charge is 0.444 e. The average Bonchev–Trinajstić information content (AvgIpc) is 3.31. The van der Waals surface area contributed by atoms with Gasteiger partial charge in [0, 0.05) is 31.6 Å². The molecule has 0 unspecified atom stereocenters. The number of amides is 2. The summed E-state index contributed by atoms with van der Waals surface area (Å²) in [6.07, 6.45) is -2.93. The number of nitro groups is 1. The SMILES string of the molecule is CC(C)(C)OC(=O)N1CC[C@@H](OC(=O)Oc2ccc([N+](=O)[O-])cc2)[C@H]1C(=O)N1CCO[C@H](c2ccccc2)C1. The molecule has 0 N–H and O–H groups in total. The Balaban J connectivity index is 1.50. The molecule has 12 heteroatoms. The number of nitro benzene ring substituents is 1. The van der Waals surface area contributed by atoms with Crippen LogP contribution in [-0.2, 0) is 19.0 Å². The van der Waals surface area contributed by atoms with Gasteiger partial charge in [0.15, 0.2) is 6.04 Å². The fraction of sp³-hybridized carbons (Fsp3) is 0.444. The van der Waals surface area contributed by atoms with Gasteiger partial charge in [0.05, 0.1) is 18.1 Å². The summed E-state index contributed by atoms with van der Waals surface area (Å²) < 4.78 is 22.1. The predicted octanol–water partition coefficient (Wildman–Crippen LogP) is 4.09. The van der Waals surface area contributed by atoms with Crippen molar-refractivity contribution in [3.63, 3.8) is 0 Å². The monoisotopic (exact) mass is 541 g/mol. The number of hydrogen-bond donors (Lipinski definition) is 0. The van der Waals surface area contributed by atoms with Gasteiger partial charge in [-0.2, -0.15) is 0 Å². The Bertz CT molecular complexity index is 1200. The molecular weight excluding hydrogens is 510 g/mol. The molecule has 2 heterocycles. The van der Waals surface area contributed by atoms with Gasteiger partial charge in [-0.1, -0.05) is 30.3 Å². The standard InChI is InChI=1S/C27H31N3O9/c1-27(2,3)39-25(32)29-14-13-21(38-26(33)37-20-11-9-19(10-12-20)30(34)35)23(29)24(31)28-15-16-36-22(17-28)18-7-5-4-6-8-18/h4-12,21-23H,13-17H2,1-3H3/t21-,22+,23+/m1/s1. The molecule has 0 aliphatic carbocycles. The van der Waals surface area contributed by atoms with E-state index < -0.39 is 40.8 Å². The lowest BCUT2D eigenvalue weighted by Gasteiger charge is -2.37. The van der Waals surface area contributed by atoms with Crippen molar-refractivity contribution in [1.29, 1.82) is 0 Å². The van der Waals surface area contributed by atoms with Crippen LogP contribution in [0.25, 0.3) is 0 Å². The van der Waals surface area contributed by atoms with Gasteiger partial charge in [0.1, 0.15) is 23.6 Å². The number of nitrogens with zero attached hydrogens (tertiary/aromatic N) is 3. The Morgan fingerprint density at radius 2 is 1.72 bits per heavy atom. The van der Waals surface area contributed by atoms with Crippen LogP contribution in [-0.4, -0.2) is 76.9 Å². The number of ether oxygens (including phenoxy) is 4. The van der Waals surface area contributed by atoms with E-state index in [1.807, 2.05) is 30.3 Å². The molecule has 2 aromatic carbocycles. The maximum Gasteiger partial charge on any atom is 0.514 e. The van der Waals surface area contributed by atoms with Gasteiger partial charge in [-0.25, -0.2) is 9.59 Å². The first-order valence-corrected chi connectivity index (χ1v) is 12.6. The highest BCUT2D eigenvalue weighted by Gasteiger charge is 2.48. The van der Waals surface area contributed by atoms with Gasteiger partial charge in [-0.3, -0.25) is 19.8 Å². The van der Waals surface area contributed by atoms with E-state index in [2.05, 4.69) is 0 Å². The van der Waals surface area contributed by atoms with Crippen molar-refractivity contribution >= 4 is 23.8 Å². The van der Waals surface area contributed by atoms with E-state index in [9.17, 15) is 24.5 Å². The van der Waals surface area contributed by atoms with E-state index in [0.717, 1.165) is 5.56 Å². The van der Waals surface area contributed by atoms with Crippen molar-refractivity contribution in [1.82, 2.24) is 9.80 Å². The van der Waals surface area contributed by atoms with Crippen LogP contribution in [0.2, 0.25) is 0 Å². The third-order valence-corrected chi connectivity index (χ3v) is 6.27. The molecular formula is C27H31N3O9. The van der Waals surface area contributed by atoms with E-state index in [0.29, 0.717) is 13.2 Å². The van der Waals surface area contributed by atoms with E-state index in [1.165, 1.54) is 29.2 Å². The quantitative estimate of drug-likeness (QED) is 0.237. The number of benzene rings is 2. The second-order valence-corrected chi connectivity index (χ2v) is 10.2. The van der Waals surface area contributed by atoms with Crippen molar-refractivity contribution in [2.75, 3.05) is 26.2 Å². The minimum absolute atomic E-state index is 0.0364. The molecule has 2 amide bonds. The second-order valence-electron chi connectivity index (χ2n) is 10.2. The Morgan fingerprint density at radius 1 is 1.03 bits per heavy atom. The maximum absolute atomic E-state index is 13.8. The van der Waals surface area contributed by atoms with Crippen molar-refractivity contribution in [2.45, 2.75) is 51.0 Å². The zero-order valence-electron chi connectivity index (χ0n) is 22.0. The van der Waals surface area contributed by atoms with Gasteiger partial charge in [-0.05, 0) is 38.5 Å². The average molecular weight is 542 g/mol. The molecule has 2 aromatic rings. The van der Waals surface area contributed by atoms with E-state index in [-0.39, 0.29) is 37.1 Å². The van der Waals surface area contributed by atoms with Crippen molar-refractivity contribution in [3.8, 4) is 5.75 Å². The lowest BCUT2D eigenvalue weighted by Crippen LogP contribution is -2.55. The first kappa shape index (κ1) is 27.8. The molecule has 2 aliphatic rings. The Kier molecular flexibility index (Phi) is 8.34. The van der Waals surface area contributed by atoms with E-state index in [1.54, 1.807) is 25.7 Å². The number of rotatable bonds is 5. The highest BCUT2D eigenvalue weighted by Crippen LogP contribution is 2.29. The van der Waals surface area contributed by atoms with Gasteiger partial charge in [-0.15, -0.1) is 0 Å². The molecule has 4 rings (SSSR count). The van der Waals surface area contributed by atoms with E-state index in [4.69, 9.17) is 18.9 Å². The molecule has 208 valence electrons. The molecule has 0 bridgehead atoms. The summed E-state index contributed by atoms with van der Waals surface area (Å²) in [7, 11) is 0. The number of carbonyl (C=O) groups is 3. The zero-order valence-corrected chi connectivity index (χ0v) is 22.0. The number of likely N-dealkylation sites (tertiary alicyclic amines) is 1. The molecule has 2 aliphatic heterocycles. The Hall–Kier alpha value is -4.19. The fourth-order valence-corrected chi connectivity index (χ4v) is 4.49. The number of hydrogen-bond acceptors (Lipinski definition) is 9. The highest BCUT2D eigenvalue weighted by atomic mass is 16.7. The van der Waals surface area contributed by atoms with Crippen LogP contribution >= 0.6 is 0 Å². The molecule has 2 fully saturated rings. The van der Waals surface area contributed by atoms with Crippen LogP contribution in [0.1, 0.15) is 38.9 Å². The van der Waals surface area contributed by atoms with Gasteiger partial charge in [0.25, 0.3) is 5.69 Å². The molecule has 0 radical (unpaired) electrons. The Labute approximate surface area is 225 Å². The third-order valence-electron chi connectivity index (χ3n) is 6.27. The Morgan fingerprint density at radius 3 is 2.36 bits per heavy atom. The van der Waals surface area contributed by atoms with Gasteiger partial charge < -0.3 is 23.8 Å². The lowest BCUT2D eigenvalue weighted by molar-refractivity contribution is -0.384. The second kappa shape index (κ2) is 11.7. The molecule has 2 saturated heterocycles. The van der Waals surface area contributed by atoms with Crippen molar-refractivity contribution < 1.29 is 38.3 Å². The summed E-state index contributed by atoms with van der Waals surface area (Å²) in [5.41, 5.74) is -0.0371. The zero-order chi connectivity index (χ0) is 28.2. The summed E-state index contributed by atoms with van der Waals surface area (Å²) in [6.45, 7) is 6.17. The topological polar surface area (TPSA) is 138 Å². The predicted molar refractivity (Wildman–Crippen MR) is 137 cm³/mol. The first-order chi connectivity index (χ1) is 18.5. The van der Waals surface area contributed by atoms with Crippen molar-refractivity contribution in [3.05, 3.63) is 70.3 Å². The first-order valence-electron chi connectivity index (χ1n) is 12.6. The molecule has 0 aromatic heterocycles. The summed E-state index contributed by atoms with van der Waals surface area (Å²) in [6, 6.07) is 13.3.